The number of aryl methyl sites for hydroxylation is 2. The molecule has 0 saturated carbocycles. The molecule has 0 unspecified atom stereocenters. The number of imidazole rings is 1. The molecule has 0 aliphatic carbocycles. The topological polar surface area (TPSA) is 115 Å². The molecule has 0 spiro atoms. The van der Waals surface area contributed by atoms with E-state index in [9.17, 15) is 14.4 Å². The van der Waals surface area contributed by atoms with Gasteiger partial charge >= 0.3 is 5.69 Å². The Kier molecular flexibility index (Phi) is 4.73. The average Bonchev–Trinajstić information content (AvgIpc) is 3.34. The molecule has 1 aliphatic rings. The Labute approximate surface area is 184 Å². The van der Waals surface area contributed by atoms with E-state index in [1.54, 1.807) is 0 Å². The molecule has 0 atom stereocenters. The van der Waals surface area contributed by atoms with Crippen molar-refractivity contribution in [3.8, 4) is 11.5 Å². The van der Waals surface area contributed by atoms with Gasteiger partial charge in [-0.05, 0) is 6.92 Å². The van der Waals surface area contributed by atoms with Crippen molar-refractivity contribution in [1.29, 1.82) is 0 Å². The largest absolute Gasteiger partial charge is 0.486 e. The second kappa shape index (κ2) is 7.48. The zero-order valence-corrected chi connectivity index (χ0v) is 18.5. The van der Waals surface area contributed by atoms with Crippen LogP contribution in [0.1, 0.15) is 6.92 Å². The van der Waals surface area contributed by atoms with Crippen LogP contribution in [0.25, 0.3) is 21.4 Å². The second-order valence-electron chi connectivity index (χ2n) is 7.35. The fourth-order valence-electron chi connectivity index (χ4n) is 3.80. The van der Waals surface area contributed by atoms with Gasteiger partial charge in [0, 0.05) is 32.8 Å². The van der Waals surface area contributed by atoms with Crippen LogP contribution in [0.2, 0.25) is 0 Å². The Bertz CT molecular complexity index is 1580. The number of nitrogens with zero attached hydrogens (tertiary/aromatic N) is 6. The van der Waals surface area contributed by atoms with Crippen molar-refractivity contribution in [3.05, 3.63) is 44.1 Å². The zero-order chi connectivity index (χ0) is 22.6. The number of hydrogen-bond donors (Lipinski definition) is 0. The third-order valence-corrected chi connectivity index (χ3v) is 6.45. The van der Waals surface area contributed by atoms with Gasteiger partial charge in [-0.15, -0.1) is 0 Å². The van der Waals surface area contributed by atoms with Gasteiger partial charge in [0.2, 0.25) is 0 Å². The van der Waals surface area contributed by atoms with E-state index in [1.165, 1.54) is 40.9 Å². The number of benzene rings is 1. The van der Waals surface area contributed by atoms with Crippen LogP contribution in [-0.2, 0) is 32.0 Å². The quantitative estimate of drug-likeness (QED) is 0.440. The third kappa shape index (κ3) is 3.06. The van der Waals surface area contributed by atoms with Crippen molar-refractivity contribution in [2.75, 3.05) is 13.2 Å². The van der Waals surface area contributed by atoms with E-state index in [0.29, 0.717) is 36.1 Å². The smallest absolute Gasteiger partial charge is 0.332 e. The number of aromatic nitrogens is 5. The van der Waals surface area contributed by atoms with E-state index >= 15 is 0 Å². The van der Waals surface area contributed by atoms with Crippen LogP contribution in [0.5, 0.6) is 11.5 Å². The highest BCUT2D eigenvalue weighted by Crippen LogP contribution is 2.35. The summed E-state index contributed by atoms with van der Waals surface area (Å²) in [7, 11) is 2.92. The monoisotopic (exact) mass is 456 g/mol. The van der Waals surface area contributed by atoms with Gasteiger partial charge < -0.3 is 18.6 Å². The highest BCUT2D eigenvalue weighted by atomic mass is 32.1. The minimum atomic E-state index is -0.510. The predicted octanol–water partition coefficient (Wildman–Crippen LogP) is 0.368. The highest BCUT2D eigenvalue weighted by Gasteiger charge is 2.18. The Hall–Kier alpha value is -3.67. The molecule has 0 radical (unpaired) electrons. The van der Waals surface area contributed by atoms with Gasteiger partial charge in [-0.3, -0.25) is 18.7 Å². The molecule has 3 aromatic heterocycles. The summed E-state index contributed by atoms with van der Waals surface area (Å²) < 4.78 is 17.9. The maximum absolute atomic E-state index is 12.8. The van der Waals surface area contributed by atoms with Crippen molar-refractivity contribution in [3.63, 3.8) is 0 Å². The Morgan fingerprint density at radius 3 is 2.59 bits per heavy atom. The van der Waals surface area contributed by atoms with Gasteiger partial charge in [0.25, 0.3) is 11.5 Å². The van der Waals surface area contributed by atoms with Gasteiger partial charge in [-0.25, -0.2) is 9.78 Å². The van der Waals surface area contributed by atoms with Crippen LogP contribution in [-0.4, -0.2) is 42.4 Å². The maximum Gasteiger partial charge on any atom is 0.332 e. The first-order valence-electron chi connectivity index (χ1n) is 10.0. The van der Waals surface area contributed by atoms with Crippen molar-refractivity contribution in [1.82, 2.24) is 23.3 Å². The molecule has 0 N–H and O–H groups in total. The van der Waals surface area contributed by atoms with Crippen LogP contribution in [0.4, 0.5) is 0 Å². The lowest BCUT2D eigenvalue weighted by atomic mass is 10.2. The van der Waals surface area contributed by atoms with Gasteiger partial charge in [0.1, 0.15) is 19.8 Å². The summed E-state index contributed by atoms with van der Waals surface area (Å²) in [6.45, 7) is 3.40. The lowest BCUT2D eigenvalue weighted by Crippen LogP contribution is -2.37. The maximum atomic E-state index is 12.8. The number of ether oxygens (including phenoxy) is 2. The number of rotatable bonds is 3. The van der Waals surface area contributed by atoms with Gasteiger partial charge in [-0.1, -0.05) is 11.3 Å². The molecule has 5 rings (SSSR count). The Balaban J connectivity index is 1.57. The highest BCUT2D eigenvalue weighted by molar-refractivity contribution is 7.16. The lowest BCUT2D eigenvalue weighted by molar-refractivity contribution is -0.118. The van der Waals surface area contributed by atoms with E-state index in [-0.39, 0.29) is 17.7 Å². The van der Waals surface area contributed by atoms with E-state index in [2.05, 4.69) is 9.98 Å². The molecule has 1 amide bonds. The van der Waals surface area contributed by atoms with Crippen LogP contribution in [0, 0.1) is 0 Å². The van der Waals surface area contributed by atoms with E-state index in [0.717, 1.165) is 14.8 Å². The number of thiazole rings is 1. The minimum absolute atomic E-state index is 0.176. The summed E-state index contributed by atoms with van der Waals surface area (Å²) in [6, 6.07) is 3.80. The van der Waals surface area contributed by atoms with Crippen LogP contribution in [0.3, 0.4) is 0 Å². The summed E-state index contributed by atoms with van der Waals surface area (Å²) >= 11 is 1.38. The molecular formula is C20H20N6O5S. The first-order chi connectivity index (χ1) is 15.4. The molecule has 0 saturated heterocycles. The second-order valence-corrected chi connectivity index (χ2v) is 8.36. The summed E-state index contributed by atoms with van der Waals surface area (Å²) in [6.07, 6.45) is 1.38. The molecule has 11 nitrogen and oxygen atoms in total. The average molecular weight is 456 g/mol. The Morgan fingerprint density at radius 2 is 1.88 bits per heavy atom. The van der Waals surface area contributed by atoms with Gasteiger partial charge in [0.05, 0.1) is 16.5 Å². The van der Waals surface area contributed by atoms with Crippen LogP contribution < -0.4 is 25.5 Å². The van der Waals surface area contributed by atoms with Gasteiger partial charge in [-0.2, -0.15) is 4.99 Å². The van der Waals surface area contributed by atoms with Crippen LogP contribution >= 0.6 is 11.3 Å². The number of hydrogen-bond acceptors (Lipinski definition) is 7. The minimum Gasteiger partial charge on any atom is -0.486 e. The molecule has 1 aliphatic heterocycles. The number of carbonyl (C=O) groups excluding carboxylic acids is 1. The summed E-state index contributed by atoms with van der Waals surface area (Å²) in [4.78, 5) is 46.5. The van der Waals surface area contributed by atoms with E-state index in [4.69, 9.17) is 9.47 Å². The zero-order valence-electron chi connectivity index (χ0n) is 17.7. The number of amides is 1. The molecular weight excluding hydrogens is 436 g/mol. The summed E-state index contributed by atoms with van der Waals surface area (Å²) in [5.41, 5.74) is 0.324. The Morgan fingerprint density at radius 1 is 1.16 bits per heavy atom. The molecule has 4 aromatic rings. The molecule has 0 fully saturated rings. The third-order valence-electron chi connectivity index (χ3n) is 5.41. The first kappa shape index (κ1) is 20.2. The van der Waals surface area contributed by atoms with Crippen LogP contribution in [0.15, 0.2) is 33.0 Å². The normalized spacial score (nSPS) is 13.9. The molecule has 12 heteroatoms. The number of fused-ring (bicyclic) bond motifs is 3. The first-order valence-corrected chi connectivity index (χ1v) is 10.8. The summed E-state index contributed by atoms with van der Waals surface area (Å²) in [5.74, 6) is 0.914. The van der Waals surface area contributed by atoms with Gasteiger partial charge in [0.15, 0.2) is 27.5 Å². The molecule has 1 aromatic carbocycles. The SMILES string of the molecule is CCn1c(=NC(=O)Cn2cnc3c2c(=O)n(C)c(=O)n3C)sc2cc3c(cc21)OCCO3. The standard InChI is InChI=1S/C20H20N6O5S/c1-4-26-11-7-12-13(31-6-5-30-12)8-14(11)32-19(26)22-15(27)9-25-10-21-17-16(25)18(28)24(3)20(29)23(17)2/h7-8,10H,4-6,9H2,1-3H3. The van der Waals surface area contributed by atoms with Crippen molar-refractivity contribution < 1.29 is 14.3 Å². The molecule has 0 bridgehead atoms. The van der Waals surface area contributed by atoms with Crippen molar-refractivity contribution >= 4 is 38.6 Å². The van der Waals surface area contributed by atoms with Crippen molar-refractivity contribution in [2.24, 2.45) is 19.1 Å². The fraction of sp³-hybridized carbons (Fsp3) is 0.350. The number of carbonyl (C=O) groups is 1. The summed E-state index contributed by atoms with van der Waals surface area (Å²) in [5, 5.41) is 0. The fourth-order valence-corrected chi connectivity index (χ4v) is 4.92. The van der Waals surface area contributed by atoms with E-state index < -0.39 is 17.2 Å². The lowest BCUT2D eigenvalue weighted by Gasteiger charge is -2.18. The van der Waals surface area contributed by atoms with Crippen molar-refractivity contribution in [2.45, 2.75) is 20.0 Å². The molecule has 32 heavy (non-hydrogen) atoms. The predicted molar refractivity (Wildman–Crippen MR) is 117 cm³/mol. The van der Waals surface area contributed by atoms with E-state index in [1.807, 2.05) is 23.6 Å². The molecule has 4 heterocycles. The molecule has 166 valence electrons.